The Morgan fingerprint density at radius 2 is 2.00 bits per heavy atom. The summed E-state index contributed by atoms with van der Waals surface area (Å²) in [7, 11) is 0. The van der Waals surface area contributed by atoms with E-state index in [1.54, 1.807) is 0 Å². The largest absolute Gasteiger partial charge is 0.401 e. The van der Waals surface area contributed by atoms with Gasteiger partial charge in [-0.15, -0.1) is 0 Å². The molecule has 1 aromatic carbocycles. The summed E-state index contributed by atoms with van der Waals surface area (Å²) in [5, 5.41) is 3.53. The first-order valence-corrected chi connectivity index (χ1v) is 9.75. The van der Waals surface area contributed by atoms with Crippen LogP contribution in [0.2, 0.25) is 0 Å². The Balaban J connectivity index is 0.00000163. The molecule has 2 rings (SSSR count). The van der Waals surface area contributed by atoms with Crippen LogP contribution in [0.1, 0.15) is 51.2 Å². The number of nitrogens with two attached hydrogens (primary N) is 1. The van der Waals surface area contributed by atoms with Crippen LogP contribution in [0.4, 0.5) is 0 Å². The predicted molar refractivity (Wildman–Crippen MR) is 115 cm³/mol. The molecule has 26 heavy (non-hydrogen) atoms. The van der Waals surface area contributed by atoms with Gasteiger partial charge in [-0.2, -0.15) is 0 Å². The van der Waals surface area contributed by atoms with Gasteiger partial charge in [0.15, 0.2) is 0 Å². The first-order chi connectivity index (χ1) is 12.4. The first kappa shape index (κ1) is 21.9. The molecule has 0 aliphatic carbocycles. The monoisotopic (exact) mass is 355 g/mol. The van der Waals surface area contributed by atoms with Crippen LogP contribution in [-0.2, 0) is 6.42 Å². The molecule has 1 aliphatic rings. The number of likely N-dealkylation sites (tertiary alicyclic amines) is 1. The van der Waals surface area contributed by atoms with Crippen LogP contribution in [-0.4, -0.2) is 23.5 Å². The van der Waals surface area contributed by atoms with Gasteiger partial charge in [-0.3, -0.25) is 0 Å². The van der Waals surface area contributed by atoms with Gasteiger partial charge in [0, 0.05) is 23.6 Å². The molecule has 3 heteroatoms. The zero-order valence-electron chi connectivity index (χ0n) is 17.1. The van der Waals surface area contributed by atoms with Crippen molar-refractivity contribution in [3.8, 4) is 0 Å². The Labute approximate surface area is 160 Å². The molecular weight excluding hydrogens is 318 g/mol. The van der Waals surface area contributed by atoms with Crippen molar-refractivity contribution in [2.24, 2.45) is 5.73 Å². The molecule has 1 aliphatic heterocycles. The molecule has 0 spiro atoms. The van der Waals surface area contributed by atoms with Gasteiger partial charge in [-0.1, -0.05) is 63.4 Å². The molecule has 0 aromatic heterocycles. The Bertz CT molecular complexity index is 618. The van der Waals surface area contributed by atoms with E-state index < -0.39 is 0 Å². The number of rotatable bonds is 8. The Hall–Kier alpha value is -2.16. The molecular formula is C23H37N3. The van der Waals surface area contributed by atoms with Crippen LogP contribution < -0.4 is 11.1 Å². The summed E-state index contributed by atoms with van der Waals surface area (Å²) in [6.07, 6.45) is 4.17. The van der Waals surface area contributed by atoms with Crippen molar-refractivity contribution in [2.75, 3.05) is 6.54 Å². The smallest absolute Gasteiger partial charge is 0.0679 e. The Kier molecular flexibility index (Phi) is 9.04. The minimum Gasteiger partial charge on any atom is -0.401 e. The maximum absolute atomic E-state index is 6.04. The van der Waals surface area contributed by atoms with Gasteiger partial charge in [0.05, 0.1) is 12.1 Å². The van der Waals surface area contributed by atoms with Crippen LogP contribution in [0.3, 0.4) is 0 Å². The van der Waals surface area contributed by atoms with Gasteiger partial charge in [-0.05, 0) is 45.1 Å². The minimum atomic E-state index is 0.0468. The lowest BCUT2D eigenvalue weighted by Crippen LogP contribution is -2.40. The molecule has 2 atom stereocenters. The third-order valence-electron chi connectivity index (χ3n) is 4.76. The summed E-state index contributed by atoms with van der Waals surface area (Å²) in [6.45, 7) is 21.5. The van der Waals surface area contributed by atoms with Crippen molar-refractivity contribution >= 4 is 0 Å². The highest BCUT2D eigenvalue weighted by atomic mass is 15.2. The Morgan fingerprint density at radius 1 is 1.31 bits per heavy atom. The highest BCUT2D eigenvalue weighted by Gasteiger charge is 2.27. The van der Waals surface area contributed by atoms with E-state index in [0.717, 1.165) is 37.2 Å². The molecule has 1 aromatic rings. The van der Waals surface area contributed by atoms with Crippen molar-refractivity contribution in [3.05, 3.63) is 72.2 Å². The van der Waals surface area contributed by atoms with Crippen molar-refractivity contribution < 1.29 is 0 Å². The summed E-state index contributed by atoms with van der Waals surface area (Å²) in [6, 6.07) is 8.97. The van der Waals surface area contributed by atoms with Gasteiger partial charge >= 0.3 is 0 Å². The van der Waals surface area contributed by atoms with Gasteiger partial charge in [0.2, 0.25) is 0 Å². The van der Waals surface area contributed by atoms with E-state index >= 15 is 0 Å². The number of nitrogens with one attached hydrogen (secondary N) is 1. The second-order valence-corrected chi connectivity index (χ2v) is 6.91. The quantitative estimate of drug-likeness (QED) is 0.697. The molecule has 2 unspecified atom stereocenters. The lowest BCUT2D eigenvalue weighted by Gasteiger charge is -2.31. The number of hydrogen-bond acceptors (Lipinski definition) is 3. The fraction of sp³-hybridized carbons (Fsp3) is 0.478. The lowest BCUT2D eigenvalue weighted by atomic mass is 10.0. The average Bonchev–Trinajstić information content (AvgIpc) is 3.10. The predicted octanol–water partition coefficient (Wildman–Crippen LogP) is 4.90. The lowest BCUT2D eigenvalue weighted by molar-refractivity contribution is 0.340. The van der Waals surface area contributed by atoms with Gasteiger partial charge in [0.25, 0.3) is 0 Å². The molecule has 3 nitrogen and oxygen atoms in total. The second kappa shape index (κ2) is 10.7. The third kappa shape index (κ3) is 6.29. The van der Waals surface area contributed by atoms with Crippen molar-refractivity contribution in [1.82, 2.24) is 10.2 Å². The van der Waals surface area contributed by atoms with E-state index in [9.17, 15) is 0 Å². The van der Waals surface area contributed by atoms with Crippen LogP contribution in [0.25, 0.3) is 0 Å². The van der Waals surface area contributed by atoms with E-state index in [1.807, 2.05) is 13.8 Å². The Morgan fingerprint density at radius 3 is 2.58 bits per heavy atom. The zero-order chi connectivity index (χ0) is 19.7. The molecule has 144 valence electrons. The number of hydrogen-bond donors (Lipinski definition) is 2. The number of nitrogens with zero attached hydrogens (tertiary/aromatic N) is 1. The molecule has 0 amide bonds. The number of aryl methyl sites for hydroxylation is 2. The van der Waals surface area contributed by atoms with Crippen LogP contribution >= 0.6 is 0 Å². The molecule has 0 radical (unpaired) electrons. The number of allylic oxidation sites excluding steroid dienone is 1. The zero-order valence-corrected chi connectivity index (χ0v) is 17.1. The van der Waals surface area contributed by atoms with Crippen LogP contribution in [0.15, 0.2) is 61.1 Å². The van der Waals surface area contributed by atoms with E-state index in [4.69, 9.17) is 5.73 Å². The third-order valence-corrected chi connectivity index (χ3v) is 4.76. The topological polar surface area (TPSA) is 41.3 Å². The van der Waals surface area contributed by atoms with Gasteiger partial charge < -0.3 is 16.0 Å². The highest BCUT2D eigenvalue weighted by molar-refractivity contribution is 5.23. The molecule has 0 saturated carbocycles. The summed E-state index contributed by atoms with van der Waals surface area (Å²) < 4.78 is 0. The molecule has 0 bridgehead atoms. The van der Waals surface area contributed by atoms with E-state index in [-0.39, 0.29) is 6.04 Å². The van der Waals surface area contributed by atoms with E-state index in [0.29, 0.717) is 11.7 Å². The van der Waals surface area contributed by atoms with Crippen molar-refractivity contribution in [3.63, 3.8) is 0 Å². The minimum absolute atomic E-state index is 0.0468. The summed E-state index contributed by atoms with van der Waals surface area (Å²) in [4.78, 5) is 2.33. The summed E-state index contributed by atoms with van der Waals surface area (Å²) >= 11 is 0. The molecule has 1 saturated heterocycles. The first-order valence-electron chi connectivity index (χ1n) is 9.75. The highest BCUT2D eigenvalue weighted by Crippen LogP contribution is 2.25. The van der Waals surface area contributed by atoms with Crippen molar-refractivity contribution in [1.29, 1.82) is 0 Å². The fourth-order valence-corrected chi connectivity index (χ4v) is 3.43. The summed E-state index contributed by atoms with van der Waals surface area (Å²) in [5.41, 5.74) is 11.5. The molecule has 1 fully saturated rings. The maximum Gasteiger partial charge on any atom is 0.0679 e. The normalized spacial score (nSPS) is 17.1. The van der Waals surface area contributed by atoms with Crippen molar-refractivity contribution in [2.45, 2.75) is 65.5 Å². The molecule has 1 heterocycles. The van der Waals surface area contributed by atoms with Crippen LogP contribution in [0, 0.1) is 6.92 Å². The summed E-state index contributed by atoms with van der Waals surface area (Å²) in [5.74, 6) is 0. The average molecular weight is 356 g/mol. The second-order valence-electron chi connectivity index (χ2n) is 6.91. The fourth-order valence-electron chi connectivity index (χ4n) is 3.43. The van der Waals surface area contributed by atoms with Gasteiger partial charge in [-0.25, -0.2) is 0 Å². The van der Waals surface area contributed by atoms with E-state index in [2.05, 4.69) is 68.1 Å². The SMILES string of the molecule is C=C(N)C(CCc1cccc(C)c1)NC(=C)C1CCCN1C(=C)C.CC. The standard InChI is InChI=1S/C21H31N3.C2H6/c1-15(2)24-13-7-10-21(24)18(5)23-20(17(4)22)12-11-19-9-6-8-16(3)14-19;1-2/h6,8-9,14,20-21,23H,1,4-5,7,10-13,22H2,2-3H3;1-2H3. The van der Waals surface area contributed by atoms with Gasteiger partial charge in [0.1, 0.15) is 0 Å². The van der Waals surface area contributed by atoms with E-state index in [1.165, 1.54) is 17.5 Å². The maximum atomic E-state index is 6.04. The number of benzene rings is 1. The molecule has 3 N–H and O–H groups in total. The van der Waals surface area contributed by atoms with Crippen LogP contribution in [0.5, 0.6) is 0 Å².